The summed E-state index contributed by atoms with van der Waals surface area (Å²) in [6.07, 6.45) is 5.51. The van der Waals surface area contributed by atoms with Gasteiger partial charge in [0.2, 0.25) is 11.8 Å². The highest BCUT2D eigenvalue weighted by Gasteiger charge is 2.47. The third-order valence-corrected chi connectivity index (χ3v) is 6.59. The Hall–Kier alpha value is -1.95. The minimum absolute atomic E-state index is 0.176. The van der Waals surface area contributed by atoms with Crippen LogP contribution in [0.2, 0.25) is 0 Å². The van der Waals surface area contributed by atoms with Crippen molar-refractivity contribution in [2.45, 2.75) is 65.2 Å². The summed E-state index contributed by atoms with van der Waals surface area (Å²) in [7, 11) is 0. The van der Waals surface area contributed by atoms with Crippen LogP contribution in [0.25, 0.3) is 5.57 Å². The second-order valence-corrected chi connectivity index (χ2v) is 9.67. The fraction of sp³-hybridized carbons (Fsp3) is 0.522. The maximum absolute atomic E-state index is 12.9. The van der Waals surface area contributed by atoms with Crippen LogP contribution in [0.5, 0.6) is 0 Å². The first kappa shape index (κ1) is 20.3. The van der Waals surface area contributed by atoms with Crippen LogP contribution in [0.4, 0.5) is 5.69 Å². The SMILES string of the molecule is CCCC(=O)N(CC12CCC(c3noc(C(C)C)n3)=C(C1)C2)c1cccc(Br)c1. The summed E-state index contributed by atoms with van der Waals surface area (Å²) in [5, 5.41) is 4.22. The summed E-state index contributed by atoms with van der Waals surface area (Å²) in [6.45, 7) is 6.97. The van der Waals surface area contributed by atoms with Crippen molar-refractivity contribution in [3.05, 3.63) is 46.0 Å². The van der Waals surface area contributed by atoms with E-state index in [-0.39, 0.29) is 17.2 Å². The molecule has 2 aromatic rings. The number of nitrogens with zero attached hydrogens (tertiary/aromatic N) is 3. The molecule has 1 aromatic heterocycles. The molecule has 5 nitrogen and oxygen atoms in total. The molecule has 1 fully saturated rings. The van der Waals surface area contributed by atoms with Gasteiger partial charge in [0.1, 0.15) is 0 Å². The molecule has 1 aromatic carbocycles. The molecule has 0 spiro atoms. The van der Waals surface area contributed by atoms with E-state index in [4.69, 9.17) is 4.52 Å². The molecular weight excluding hydrogens is 430 g/mol. The number of carbonyl (C=O) groups excluding carboxylic acids is 1. The molecule has 3 aliphatic rings. The molecule has 3 aliphatic carbocycles. The third kappa shape index (κ3) is 4.04. The Bertz CT molecular complexity index is 939. The minimum atomic E-state index is 0.176. The Kier molecular flexibility index (Phi) is 5.65. The zero-order valence-corrected chi connectivity index (χ0v) is 19.0. The van der Waals surface area contributed by atoms with Crippen LogP contribution in [0.15, 0.2) is 38.8 Å². The van der Waals surface area contributed by atoms with Crippen LogP contribution in [0, 0.1) is 5.41 Å². The number of benzene rings is 1. The summed E-state index contributed by atoms with van der Waals surface area (Å²) in [5.74, 6) is 1.93. The van der Waals surface area contributed by atoms with E-state index in [1.54, 1.807) is 0 Å². The molecule has 29 heavy (non-hydrogen) atoms. The number of carbonyl (C=O) groups is 1. The fourth-order valence-electron chi connectivity index (χ4n) is 4.52. The zero-order valence-electron chi connectivity index (χ0n) is 17.4. The minimum Gasteiger partial charge on any atom is -0.339 e. The fourth-order valence-corrected chi connectivity index (χ4v) is 4.90. The number of hydrogen-bond donors (Lipinski definition) is 0. The third-order valence-electron chi connectivity index (χ3n) is 6.09. The second kappa shape index (κ2) is 8.05. The van der Waals surface area contributed by atoms with Crippen molar-refractivity contribution in [3.8, 4) is 0 Å². The standard InChI is InChI=1S/C23H28BrN3O2/c1-4-6-20(28)27(18-8-5-7-17(24)11-18)14-23-10-9-19(16(12-23)13-23)21-25-22(15(2)3)29-26-21/h5,7-8,11,15H,4,6,9-10,12-14H2,1-3H3. The van der Waals surface area contributed by atoms with Crippen LogP contribution in [0.1, 0.15) is 76.9 Å². The largest absolute Gasteiger partial charge is 0.339 e. The maximum Gasteiger partial charge on any atom is 0.229 e. The molecule has 1 heterocycles. The van der Waals surface area contributed by atoms with Gasteiger partial charge in [-0.2, -0.15) is 4.98 Å². The van der Waals surface area contributed by atoms with E-state index in [1.165, 1.54) is 11.1 Å². The Morgan fingerprint density at radius 1 is 1.34 bits per heavy atom. The number of aromatic nitrogens is 2. The first-order valence-electron chi connectivity index (χ1n) is 10.5. The van der Waals surface area contributed by atoms with Crippen molar-refractivity contribution < 1.29 is 9.32 Å². The molecule has 1 saturated carbocycles. The van der Waals surface area contributed by atoms with Gasteiger partial charge in [0.15, 0.2) is 5.82 Å². The number of hydrogen-bond acceptors (Lipinski definition) is 4. The number of rotatable bonds is 7. The lowest BCUT2D eigenvalue weighted by molar-refractivity contribution is -0.119. The molecule has 0 atom stereocenters. The highest BCUT2D eigenvalue weighted by molar-refractivity contribution is 9.10. The number of anilines is 1. The van der Waals surface area contributed by atoms with E-state index in [0.717, 1.165) is 54.6 Å². The molecule has 0 unspecified atom stereocenters. The predicted octanol–water partition coefficient (Wildman–Crippen LogP) is 6.12. The lowest BCUT2D eigenvalue weighted by atomic mass is 9.57. The molecule has 0 radical (unpaired) electrons. The summed E-state index contributed by atoms with van der Waals surface area (Å²) < 4.78 is 6.41. The van der Waals surface area contributed by atoms with Crippen molar-refractivity contribution in [1.29, 1.82) is 0 Å². The van der Waals surface area contributed by atoms with Gasteiger partial charge in [-0.25, -0.2) is 0 Å². The summed E-state index contributed by atoms with van der Waals surface area (Å²) in [5.41, 5.74) is 3.85. The lowest BCUT2D eigenvalue weighted by Gasteiger charge is -2.51. The van der Waals surface area contributed by atoms with Gasteiger partial charge in [-0.05, 0) is 61.3 Å². The molecule has 2 bridgehead atoms. The van der Waals surface area contributed by atoms with Crippen molar-refractivity contribution in [3.63, 3.8) is 0 Å². The van der Waals surface area contributed by atoms with E-state index in [9.17, 15) is 4.79 Å². The Balaban J connectivity index is 1.53. The van der Waals surface area contributed by atoms with Crippen molar-refractivity contribution in [2.24, 2.45) is 5.41 Å². The summed E-state index contributed by atoms with van der Waals surface area (Å²) in [4.78, 5) is 19.5. The quantitative estimate of drug-likeness (QED) is 0.502. The highest BCUT2D eigenvalue weighted by atomic mass is 79.9. The van der Waals surface area contributed by atoms with E-state index in [0.29, 0.717) is 12.3 Å². The first-order chi connectivity index (χ1) is 13.9. The summed E-state index contributed by atoms with van der Waals surface area (Å²) >= 11 is 3.54. The Morgan fingerprint density at radius 2 is 2.14 bits per heavy atom. The van der Waals surface area contributed by atoms with Crippen LogP contribution < -0.4 is 4.90 Å². The van der Waals surface area contributed by atoms with Crippen molar-refractivity contribution >= 4 is 33.1 Å². The molecule has 154 valence electrons. The van der Waals surface area contributed by atoms with Gasteiger partial charge in [0.05, 0.1) is 0 Å². The molecule has 0 saturated heterocycles. The monoisotopic (exact) mass is 457 g/mol. The Morgan fingerprint density at radius 3 is 2.72 bits per heavy atom. The molecule has 5 rings (SSSR count). The topological polar surface area (TPSA) is 59.2 Å². The van der Waals surface area contributed by atoms with E-state index in [2.05, 4.69) is 46.8 Å². The molecular formula is C23H28BrN3O2. The van der Waals surface area contributed by atoms with Gasteiger partial charge in [0.25, 0.3) is 0 Å². The van der Waals surface area contributed by atoms with Crippen LogP contribution in [-0.4, -0.2) is 22.6 Å². The predicted molar refractivity (Wildman–Crippen MR) is 118 cm³/mol. The summed E-state index contributed by atoms with van der Waals surface area (Å²) in [6, 6.07) is 8.07. The molecule has 6 heteroatoms. The highest BCUT2D eigenvalue weighted by Crippen LogP contribution is 2.57. The number of fused-ring (bicyclic) bond motifs is 2. The normalized spacial score (nSPS) is 17.4. The second-order valence-electron chi connectivity index (χ2n) is 8.76. The molecule has 0 aliphatic heterocycles. The van der Waals surface area contributed by atoms with Crippen LogP contribution in [0.3, 0.4) is 0 Å². The number of allylic oxidation sites excluding steroid dienone is 2. The van der Waals surface area contributed by atoms with E-state index < -0.39 is 0 Å². The van der Waals surface area contributed by atoms with Gasteiger partial charge in [-0.1, -0.05) is 53.5 Å². The first-order valence-corrected chi connectivity index (χ1v) is 11.3. The van der Waals surface area contributed by atoms with Crippen LogP contribution in [-0.2, 0) is 4.79 Å². The van der Waals surface area contributed by atoms with Gasteiger partial charge in [-0.3, -0.25) is 4.79 Å². The lowest BCUT2D eigenvalue weighted by Crippen LogP contribution is -2.48. The van der Waals surface area contributed by atoms with E-state index in [1.807, 2.05) is 29.2 Å². The Labute approximate surface area is 180 Å². The van der Waals surface area contributed by atoms with E-state index >= 15 is 0 Å². The number of amides is 1. The van der Waals surface area contributed by atoms with Gasteiger partial charge >= 0.3 is 0 Å². The smallest absolute Gasteiger partial charge is 0.229 e. The van der Waals surface area contributed by atoms with Gasteiger partial charge in [-0.15, -0.1) is 0 Å². The molecule has 0 N–H and O–H groups in total. The van der Waals surface area contributed by atoms with Crippen molar-refractivity contribution in [1.82, 2.24) is 10.1 Å². The number of halogens is 1. The molecule has 1 amide bonds. The van der Waals surface area contributed by atoms with Gasteiger partial charge < -0.3 is 9.42 Å². The van der Waals surface area contributed by atoms with Gasteiger partial charge in [0, 0.05) is 29.0 Å². The average Bonchev–Trinajstić information content (AvgIpc) is 3.16. The van der Waals surface area contributed by atoms with Crippen LogP contribution >= 0.6 is 15.9 Å². The van der Waals surface area contributed by atoms with Crippen molar-refractivity contribution in [2.75, 3.05) is 11.4 Å². The maximum atomic E-state index is 12.9. The zero-order chi connectivity index (χ0) is 20.6. The average molecular weight is 458 g/mol.